The minimum Gasteiger partial charge on any atom is -0.507 e. The number of carbonyl (C=O) groups is 1. The fraction of sp³-hybridized carbons (Fsp3) is 0. The van der Waals surface area contributed by atoms with Crippen molar-refractivity contribution in [2.75, 3.05) is 0 Å². The van der Waals surface area contributed by atoms with Crippen molar-refractivity contribution in [1.29, 1.82) is 0 Å². The Hall–Kier alpha value is -2.64. The lowest BCUT2D eigenvalue weighted by atomic mass is 10.2. The average molecular weight is 491 g/mol. The van der Waals surface area contributed by atoms with E-state index in [1.54, 1.807) is 30.3 Å². The highest BCUT2D eigenvalue weighted by Crippen LogP contribution is 2.33. The lowest BCUT2D eigenvalue weighted by Crippen LogP contribution is -1.79. The van der Waals surface area contributed by atoms with E-state index in [1.807, 2.05) is 24.3 Å². The second-order valence-corrected chi connectivity index (χ2v) is 7.30. The highest BCUT2D eigenvalue weighted by atomic mass is 79.9. The Morgan fingerprint density at radius 2 is 1.59 bits per heavy atom. The topological polar surface area (TPSA) is 83.6 Å². The Kier molecular flexibility index (Phi) is 5.93. The van der Waals surface area contributed by atoms with Gasteiger partial charge in [-0.15, -0.1) is 0 Å². The van der Waals surface area contributed by atoms with Crippen LogP contribution in [-0.4, -0.2) is 21.5 Å². The molecule has 7 heteroatoms. The summed E-state index contributed by atoms with van der Waals surface area (Å²) < 4.78 is 7.23. The predicted octanol–water partition coefficient (Wildman–Crippen LogP) is 5.93. The number of phenols is 2. The second-order valence-electron chi connectivity index (χ2n) is 5.47. The first kappa shape index (κ1) is 19.1. The molecular formula is C20H13Br2NO4. The zero-order chi connectivity index (χ0) is 19.4. The molecule has 0 spiro atoms. The predicted molar refractivity (Wildman–Crippen MR) is 110 cm³/mol. The first-order valence-electron chi connectivity index (χ1n) is 7.76. The van der Waals surface area contributed by atoms with E-state index < -0.39 is 0 Å². The maximum Gasteiger partial charge on any atom is 0.231 e. The van der Waals surface area contributed by atoms with Gasteiger partial charge in [-0.2, -0.15) is 0 Å². The Morgan fingerprint density at radius 1 is 0.889 bits per heavy atom. The van der Waals surface area contributed by atoms with Crippen LogP contribution in [0, 0.1) is 0 Å². The monoisotopic (exact) mass is 489 g/mol. The molecule has 136 valence electrons. The fourth-order valence-electron chi connectivity index (χ4n) is 2.28. The highest BCUT2D eigenvalue weighted by molar-refractivity contribution is 9.10. The maximum absolute atomic E-state index is 10.2. The van der Waals surface area contributed by atoms with E-state index in [4.69, 9.17) is 9.52 Å². The maximum atomic E-state index is 10.2. The molecule has 0 bridgehead atoms. The summed E-state index contributed by atoms with van der Waals surface area (Å²) in [6, 6.07) is 17.4. The molecule has 3 aromatic carbocycles. The summed E-state index contributed by atoms with van der Waals surface area (Å²) in [5, 5.41) is 18.8. The van der Waals surface area contributed by atoms with Crippen molar-refractivity contribution in [2.24, 2.45) is 0 Å². The number of nitrogens with zero attached hydrogens (tertiary/aromatic N) is 1. The number of phenolic OH excluding ortho intramolecular Hbond substituents is 2. The standard InChI is InChI=1S/C13H8BrNO2.C7H5BrO2/c14-8-5-6-11(16)9(7-8)13-15-10-3-1-2-4-12(10)17-13;8-6-2-1-5(4-9)7(10)3-6/h1-7,16H;1-4,10H. The molecule has 0 amide bonds. The lowest BCUT2D eigenvalue weighted by molar-refractivity contribution is 0.112. The van der Waals surface area contributed by atoms with Crippen molar-refractivity contribution in [2.45, 2.75) is 0 Å². The van der Waals surface area contributed by atoms with Gasteiger partial charge in [-0.1, -0.05) is 44.0 Å². The Balaban J connectivity index is 0.000000180. The number of fused-ring (bicyclic) bond motifs is 1. The molecule has 0 aliphatic carbocycles. The van der Waals surface area contributed by atoms with Gasteiger partial charge < -0.3 is 14.6 Å². The van der Waals surface area contributed by atoms with Crippen molar-refractivity contribution in [1.82, 2.24) is 4.98 Å². The number of para-hydroxylation sites is 2. The van der Waals surface area contributed by atoms with Crippen LogP contribution < -0.4 is 0 Å². The first-order chi connectivity index (χ1) is 13.0. The van der Waals surface area contributed by atoms with Crippen LogP contribution in [0.3, 0.4) is 0 Å². The molecule has 0 aliphatic heterocycles. The number of hydrogen-bond acceptors (Lipinski definition) is 5. The minimum atomic E-state index is 0.00405. The van der Waals surface area contributed by atoms with Gasteiger partial charge in [0, 0.05) is 8.95 Å². The van der Waals surface area contributed by atoms with Crippen LogP contribution in [0.15, 0.2) is 74.0 Å². The molecule has 1 aromatic heterocycles. The highest BCUT2D eigenvalue weighted by Gasteiger charge is 2.12. The van der Waals surface area contributed by atoms with Crippen LogP contribution >= 0.6 is 31.9 Å². The Morgan fingerprint density at radius 3 is 2.30 bits per heavy atom. The number of aldehydes is 1. The number of aromatic hydroxyl groups is 2. The molecule has 4 aromatic rings. The number of hydrogen-bond donors (Lipinski definition) is 2. The van der Waals surface area contributed by atoms with E-state index in [-0.39, 0.29) is 11.5 Å². The van der Waals surface area contributed by atoms with Crippen molar-refractivity contribution in [3.05, 3.63) is 75.2 Å². The third-order valence-corrected chi connectivity index (χ3v) is 4.59. The molecule has 27 heavy (non-hydrogen) atoms. The summed E-state index contributed by atoms with van der Waals surface area (Å²) in [4.78, 5) is 14.5. The number of oxazole rings is 1. The van der Waals surface area contributed by atoms with E-state index in [9.17, 15) is 9.90 Å². The number of aromatic nitrogens is 1. The summed E-state index contributed by atoms with van der Waals surface area (Å²) in [7, 11) is 0. The van der Waals surface area contributed by atoms with Gasteiger partial charge >= 0.3 is 0 Å². The van der Waals surface area contributed by atoms with Crippen LogP contribution in [-0.2, 0) is 0 Å². The van der Waals surface area contributed by atoms with Crippen LogP contribution in [0.1, 0.15) is 10.4 Å². The van der Waals surface area contributed by atoms with Gasteiger partial charge in [-0.25, -0.2) is 4.98 Å². The van der Waals surface area contributed by atoms with Crippen molar-refractivity contribution >= 4 is 49.2 Å². The van der Waals surface area contributed by atoms with E-state index >= 15 is 0 Å². The molecule has 0 saturated heterocycles. The molecular weight excluding hydrogens is 478 g/mol. The fourth-order valence-corrected chi connectivity index (χ4v) is 2.99. The number of benzene rings is 3. The van der Waals surface area contributed by atoms with E-state index in [0.717, 1.165) is 14.5 Å². The molecule has 0 unspecified atom stereocenters. The molecule has 0 atom stereocenters. The van der Waals surface area contributed by atoms with E-state index in [1.165, 1.54) is 6.07 Å². The summed E-state index contributed by atoms with van der Waals surface area (Å²) in [5.41, 5.74) is 2.38. The molecule has 1 heterocycles. The zero-order valence-corrected chi connectivity index (χ0v) is 16.9. The van der Waals surface area contributed by atoms with E-state index in [2.05, 4.69) is 36.8 Å². The SMILES string of the molecule is O=Cc1ccc(Br)cc1O.Oc1ccc(Br)cc1-c1nc2ccccc2o1. The Labute approximate surface area is 171 Å². The third kappa shape index (κ3) is 4.56. The summed E-state index contributed by atoms with van der Waals surface area (Å²) in [5.74, 6) is 0.578. The molecule has 5 nitrogen and oxygen atoms in total. The van der Waals surface area contributed by atoms with Crippen LogP contribution in [0.25, 0.3) is 22.6 Å². The molecule has 0 aliphatic rings. The van der Waals surface area contributed by atoms with Crippen molar-refractivity contribution in [3.63, 3.8) is 0 Å². The van der Waals surface area contributed by atoms with Crippen LogP contribution in [0.4, 0.5) is 0 Å². The Bertz CT molecular complexity index is 1080. The average Bonchev–Trinajstić information content (AvgIpc) is 3.08. The van der Waals surface area contributed by atoms with Gasteiger partial charge in [0.1, 0.15) is 17.0 Å². The minimum absolute atomic E-state index is 0.00405. The van der Waals surface area contributed by atoms with Crippen LogP contribution in [0.2, 0.25) is 0 Å². The molecule has 4 rings (SSSR count). The lowest BCUT2D eigenvalue weighted by Gasteiger charge is -1.99. The van der Waals surface area contributed by atoms with Gasteiger partial charge in [0.2, 0.25) is 5.89 Å². The van der Waals surface area contributed by atoms with E-state index in [0.29, 0.717) is 28.9 Å². The second kappa shape index (κ2) is 8.37. The van der Waals surface area contributed by atoms with Crippen LogP contribution in [0.5, 0.6) is 11.5 Å². The molecule has 0 saturated carbocycles. The number of halogens is 2. The van der Waals surface area contributed by atoms with Gasteiger partial charge in [0.25, 0.3) is 0 Å². The zero-order valence-electron chi connectivity index (χ0n) is 13.8. The summed E-state index contributed by atoms with van der Waals surface area (Å²) in [6.07, 6.45) is 0.613. The van der Waals surface area contributed by atoms with Crippen molar-refractivity contribution in [3.8, 4) is 23.0 Å². The van der Waals surface area contributed by atoms with Crippen molar-refractivity contribution < 1.29 is 19.4 Å². The van der Waals surface area contributed by atoms with Gasteiger partial charge in [0.15, 0.2) is 11.9 Å². The normalized spacial score (nSPS) is 10.3. The first-order valence-corrected chi connectivity index (χ1v) is 9.34. The summed E-state index contributed by atoms with van der Waals surface area (Å²) in [6.45, 7) is 0. The molecule has 0 fully saturated rings. The molecule has 0 radical (unpaired) electrons. The quantitative estimate of drug-likeness (QED) is 0.340. The third-order valence-electron chi connectivity index (χ3n) is 3.60. The van der Waals surface area contributed by atoms with Gasteiger partial charge in [-0.3, -0.25) is 4.79 Å². The smallest absolute Gasteiger partial charge is 0.231 e. The largest absolute Gasteiger partial charge is 0.507 e. The van der Waals surface area contributed by atoms with Gasteiger partial charge in [-0.05, 0) is 48.5 Å². The summed E-state index contributed by atoms with van der Waals surface area (Å²) >= 11 is 6.51. The number of rotatable bonds is 2. The van der Waals surface area contributed by atoms with Gasteiger partial charge in [0.05, 0.1) is 11.1 Å². The molecule has 2 N–H and O–H groups in total. The number of carbonyl (C=O) groups excluding carboxylic acids is 1.